The lowest BCUT2D eigenvalue weighted by atomic mass is 10.2. The number of H-pyrrole nitrogens is 1. The van der Waals surface area contributed by atoms with Crippen molar-refractivity contribution in [3.05, 3.63) is 34.2 Å². The van der Waals surface area contributed by atoms with Crippen molar-refractivity contribution < 1.29 is 14.3 Å². The summed E-state index contributed by atoms with van der Waals surface area (Å²) in [5.74, 6) is 1.33. The highest BCUT2D eigenvalue weighted by Crippen LogP contribution is 2.35. The molecule has 134 valence electrons. The molecule has 0 saturated heterocycles. The lowest BCUT2D eigenvalue weighted by Crippen LogP contribution is -2.25. The van der Waals surface area contributed by atoms with Crippen LogP contribution in [-0.4, -0.2) is 40.6 Å². The Kier molecular flexibility index (Phi) is 5.32. The topological polar surface area (TPSA) is 98.2 Å². The number of hydrogen-bond acceptors (Lipinski definition) is 6. The van der Waals surface area contributed by atoms with Gasteiger partial charge < -0.3 is 14.8 Å². The van der Waals surface area contributed by atoms with Crippen LogP contribution in [-0.2, 0) is 11.3 Å². The van der Waals surface area contributed by atoms with Gasteiger partial charge in [-0.25, -0.2) is 9.89 Å². The quantitative estimate of drug-likeness (QED) is 0.686. The molecule has 0 radical (unpaired) electrons. The van der Waals surface area contributed by atoms with E-state index in [2.05, 4.69) is 15.5 Å². The molecule has 1 saturated carbocycles. The predicted molar refractivity (Wildman–Crippen MR) is 93.2 cm³/mol. The second-order valence-corrected chi connectivity index (χ2v) is 6.61. The van der Waals surface area contributed by atoms with Crippen molar-refractivity contribution in [1.29, 1.82) is 0 Å². The summed E-state index contributed by atoms with van der Waals surface area (Å²) in [6.45, 7) is 0.385. The van der Waals surface area contributed by atoms with Gasteiger partial charge in [0.2, 0.25) is 5.91 Å². The van der Waals surface area contributed by atoms with Crippen molar-refractivity contribution in [2.75, 3.05) is 20.0 Å². The van der Waals surface area contributed by atoms with Crippen molar-refractivity contribution in [1.82, 2.24) is 20.1 Å². The molecule has 1 fully saturated rings. The molecular formula is C16H20N4O4S. The van der Waals surface area contributed by atoms with E-state index in [1.54, 1.807) is 24.9 Å². The van der Waals surface area contributed by atoms with Gasteiger partial charge in [-0.3, -0.25) is 9.36 Å². The number of aromatic nitrogens is 3. The van der Waals surface area contributed by atoms with E-state index in [1.807, 2.05) is 12.1 Å². The maximum atomic E-state index is 12.1. The fourth-order valence-electron chi connectivity index (χ4n) is 2.42. The summed E-state index contributed by atoms with van der Waals surface area (Å²) >= 11 is 1.26. The van der Waals surface area contributed by atoms with Crippen LogP contribution in [0.3, 0.4) is 0 Å². The van der Waals surface area contributed by atoms with Gasteiger partial charge in [0.15, 0.2) is 16.7 Å². The normalized spacial score (nSPS) is 13.5. The number of rotatable bonds is 8. The number of carbonyl (C=O) groups excluding carboxylic acids is 1. The number of thioether (sulfide) groups is 1. The average molecular weight is 364 g/mol. The van der Waals surface area contributed by atoms with Gasteiger partial charge in [0.1, 0.15) is 0 Å². The molecule has 0 bridgehead atoms. The summed E-state index contributed by atoms with van der Waals surface area (Å²) in [5.41, 5.74) is 0.696. The third kappa shape index (κ3) is 4.16. The van der Waals surface area contributed by atoms with E-state index in [4.69, 9.17) is 9.47 Å². The Morgan fingerprint density at radius 3 is 2.80 bits per heavy atom. The highest BCUT2D eigenvalue weighted by Gasteiger charge is 2.28. The molecule has 0 aliphatic heterocycles. The Morgan fingerprint density at radius 1 is 1.36 bits per heavy atom. The van der Waals surface area contributed by atoms with Gasteiger partial charge in [-0.2, -0.15) is 0 Å². The number of benzene rings is 1. The third-order valence-electron chi connectivity index (χ3n) is 3.85. The molecule has 1 aromatic carbocycles. The summed E-state index contributed by atoms with van der Waals surface area (Å²) in [7, 11) is 3.15. The van der Waals surface area contributed by atoms with Crippen molar-refractivity contribution in [2.45, 2.75) is 30.6 Å². The predicted octanol–water partition coefficient (Wildman–Crippen LogP) is 1.33. The van der Waals surface area contributed by atoms with Crippen LogP contribution in [0.15, 0.2) is 28.2 Å². The van der Waals surface area contributed by atoms with Gasteiger partial charge in [-0.1, -0.05) is 17.8 Å². The van der Waals surface area contributed by atoms with Crippen molar-refractivity contribution in [3.63, 3.8) is 0 Å². The minimum absolute atomic E-state index is 0.127. The Hall–Kier alpha value is -2.42. The number of amides is 1. The van der Waals surface area contributed by atoms with Gasteiger partial charge >= 0.3 is 5.69 Å². The van der Waals surface area contributed by atoms with Crippen LogP contribution in [0.1, 0.15) is 24.4 Å². The van der Waals surface area contributed by atoms with Crippen LogP contribution in [0.25, 0.3) is 0 Å². The maximum absolute atomic E-state index is 12.1. The minimum atomic E-state index is -0.212. The summed E-state index contributed by atoms with van der Waals surface area (Å²) in [6.07, 6.45) is 1.97. The van der Waals surface area contributed by atoms with Crippen molar-refractivity contribution in [2.24, 2.45) is 0 Å². The highest BCUT2D eigenvalue weighted by molar-refractivity contribution is 7.99. The highest BCUT2D eigenvalue weighted by atomic mass is 32.2. The van der Waals surface area contributed by atoms with Crippen LogP contribution in [0, 0.1) is 0 Å². The molecule has 1 aromatic heterocycles. The number of ether oxygens (including phenoxy) is 2. The molecule has 1 amide bonds. The van der Waals surface area contributed by atoms with Crippen LogP contribution >= 0.6 is 11.8 Å². The zero-order chi connectivity index (χ0) is 17.8. The molecule has 1 aliphatic rings. The zero-order valence-corrected chi connectivity index (χ0v) is 14.9. The molecular weight excluding hydrogens is 344 g/mol. The first-order chi connectivity index (χ1) is 12.1. The molecule has 8 nitrogen and oxygen atoms in total. The molecule has 0 spiro atoms. The molecule has 25 heavy (non-hydrogen) atoms. The van der Waals surface area contributed by atoms with E-state index in [1.165, 1.54) is 11.8 Å². The number of methoxy groups -OCH3 is 2. The number of hydrogen-bond donors (Lipinski definition) is 2. The smallest absolute Gasteiger partial charge is 0.344 e. The number of carbonyl (C=O) groups is 1. The first kappa shape index (κ1) is 17.4. The average Bonchev–Trinajstić information content (AvgIpc) is 3.40. The van der Waals surface area contributed by atoms with Gasteiger partial charge in [0.25, 0.3) is 0 Å². The van der Waals surface area contributed by atoms with Crippen LogP contribution < -0.4 is 20.5 Å². The Morgan fingerprint density at radius 2 is 2.12 bits per heavy atom. The second kappa shape index (κ2) is 7.64. The van der Waals surface area contributed by atoms with Crippen molar-refractivity contribution >= 4 is 17.7 Å². The Balaban J connectivity index is 1.52. The van der Waals surface area contributed by atoms with Crippen LogP contribution in [0.5, 0.6) is 11.5 Å². The van der Waals surface area contributed by atoms with E-state index in [0.717, 1.165) is 18.4 Å². The molecule has 2 N–H and O–H groups in total. The molecule has 9 heteroatoms. The lowest BCUT2D eigenvalue weighted by Gasteiger charge is -2.10. The molecule has 1 heterocycles. The summed E-state index contributed by atoms with van der Waals surface area (Å²) in [6, 6.07) is 5.72. The third-order valence-corrected chi connectivity index (χ3v) is 4.81. The Bertz CT molecular complexity index is 813. The van der Waals surface area contributed by atoms with E-state index in [9.17, 15) is 9.59 Å². The fourth-order valence-corrected chi connectivity index (χ4v) is 3.26. The molecule has 2 aromatic rings. The number of aromatic amines is 1. The van der Waals surface area contributed by atoms with E-state index < -0.39 is 0 Å². The van der Waals surface area contributed by atoms with Gasteiger partial charge in [0.05, 0.1) is 20.0 Å². The van der Waals surface area contributed by atoms with E-state index >= 15 is 0 Å². The van der Waals surface area contributed by atoms with E-state index in [-0.39, 0.29) is 23.4 Å². The lowest BCUT2D eigenvalue weighted by molar-refractivity contribution is -0.118. The van der Waals surface area contributed by atoms with Gasteiger partial charge in [-0.05, 0) is 30.5 Å². The standard InChI is InChI=1S/C16H20N4O4S/c1-23-12-6-3-10(7-13(12)24-2)8-17-14(21)9-25-16-19-18-15(22)20(16)11-4-5-11/h3,6-7,11H,4-5,8-9H2,1-2H3,(H,17,21)(H,18,22). The van der Waals surface area contributed by atoms with Gasteiger partial charge in [0, 0.05) is 12.6 Å². The Labute approximate surface area is 148 Å². The van der Waals surface area contributed by atoms with E-state index in [0.29, 0.717) is 23.2 Å². The summed E-state index contributed by atoms with van der Waals surface area (Å²) in [4.78, 5) is 23.8. The molecule has 0 atom stereocenters. The monoisotopic (exact) mass is 364 g/mol. The zero-order valence-electron chi connectivity index (χ0n) is 14.1. The maximum Gasteiger partial charge on any atom is 0.344 e. The summed E-state index contributed by atoms with van der Waals surface area (Å²) < 4.78 is 12.1. The SMILES string of the molecule is COc1ccc(CNC(=O)CSc2n[nH]c(=O)n2C2CC2)cc1OC. The van der Waals surface area contributed by atoms with Gasteiger partial charge in [-0.15, -0.1) is 5.10 Å². The first-order valence-corrected chi connectivity index (χ1v) is 8.88. The fraction of sp³-hybridized carbons (Fsp3) is 0.438. The van der Waals surface area contributed by atoms with Crippen LogP contribution in [0.4, 0.5) is 0 Å². The molecule has 0 unspecified atom stereocenters. The molecule has 1 aliphatic carbocycles. The summed E-state index contributed by atoms with van der Waals surface area (Å²) in [5, 5.41) is 9.84. The first-order valence-electron chi connectivity index (χ1n) is 7.89. The molecule has 3 rings (SSSR count). The number of nitrogens with zero attached hydrogens (tertiary/aromatic N) is 2. The second-order valence-electron chi connectivity index (χ2n) is 5.67. The van der Waals surface area contributed by atoms with Crippen LogP contribution in [0.2, 0.25) is 0 Å². The minimum Gasteiger partial charge on any atom is -0.493 e. The number of nitrogens with one attached hydrogen (secondary N) is 2. The largest absolute Gasteiger partial charge is 0.493 e. The van der Waals surface area contributed by atoms with Crippen molar-refractivity contribution in [3.8, 4) is 11.5 Å².